The molecule has 1 aromatic rings. The molecule has 0 spiro atoms. The van der Waals surface area contributed by atoms with Gasteiger partial charge in [-0.2, -0.15) is 13.2 Å². The van der Waals surface area contributed by atoms with Crippen molar-refractivity contribution in [3.05, 3.63) is 24.3 Å². The molecule has 2 nitrogen and oxygen atoms in total. The number of nitrogens with two attached hydrogens (primary N) is 1. The van der Waals surface area contributed by atoms with E-state index in [-0.39, 0.29) is 13.0 Å². The number of alkyl halides is 3. The highest BCUT2D eigenvalue weighted by Crippen LogP contribution is 2.35. The number of halogens is 3. The van der Waals surface area contributed by atoms with Crippen molar-refractivity contribution in [3.63, 3.8) is 0 Å². The van der Waals surface area contributed by atoms with Crippen LogP contribution in [0, 0.1) is 5.92 Å². The lowest BCUT2D eigenvalue weighted by molar-refractivity contribution is -0.168. The highest BCUT2D eigenvalue weighted by atomic mass is 19.4. The van der Waals surface area contributed by atoms with Crippen LogP contribution in [-0.4, -0.2) is 19.3 Å². The van der Waals surface area contributed by atoms with Gasteiger partial charge in [0.1, 0.15) is 0 Å². The summed E-state index contributed by atoms with van der Waals surface area (Å²) in [4.78, 5) is 1.75. The monoisotopic (exact) mass is 230 g/mol. The molecule has 0 unspecified atom stereocenters. The van der Waals surface area contributed by atoms with Crippen LogP contribution in [0.5, 0.6) is 0 Å². The molecule has 2 N–H and O–H groups in total. The van der Waals surface area contributed by atoms with Crippen LogP contribution in [0.4, 0.5) is 24.5 Å². The summed E-state index contributed by atoms with van der Waals surface area (Å²) in [5.41, 5.74) is 6.95. The predicted octanol–water partition coefficient (Wildman–Crippen LogP) is 2.66. The third-order valence-corrected chi connectivity index (χ3v) is 2.91. The molecule has 0 amide bonds. The Kier molecular flexibility index (Phi) is 2.69. The Morgan fingerprint density at radius 1 is 1.19 bits per heavy atom. The molecular weight excluding hydrogens is 217 g/mol. The molecule has 5 heteroatoms. The third kappa shape index (κ3) is 2.23. The minimum absolute atomic E-state index is 0.0490. The van der Waals surface area contributed by atoms with Gasteiger partial charge in [0.25, 0.3) is 0 Å². The van der Waals surface area contributed by atoms with E-state index < -0.39 is 12.1 Å². The maximum Gasteiger partial charge on any atom is 0.393 e. The van der Waals surface area contributed by atoms with Crippen LogP contribution in [0.15, 0.2) is 24.3 Å². The lowest BCUT2D eigenvalue weighted by Crippen LogP contribution is -2.27. The highest BCUT2D eigenvalue weighted by molar-refractivity contribution is 5.53. The maximum atomic E-state index is 12.5. The molecule has 1 aromatic carbocycles. The van der Waals surface area contributed by atoms with Gasteiger partial charge >= 0.3 is 6.18 Å². The SMILES string of the molecule is Nc1ccc(N2CC[C@H](C(F)(F)F)C2)cc1. The van der Waals surface area contributed by atoms with E-state index in [1.807, 2.05) is 0 Å². The molecule has 1 aliphatic rings. The van der Waals surface area contributed by atoms with Gasteiger partial charge in [-0.15, -0.1) is 0 Å². The molecule has 1 aliphatic heterocycles. The van der Waals surface area contributed by atoms with Crippen LogP contribution < -0.4 is 10.6 Å². The molecule has 0 aromatic heterocycles. The third-order valence-electron chi connectivity index (χ3n) is 2.91. The standard InChI is InChI=1S/C11H13F3N2/c12-11(13,14)8-5-6-16(7-8)10-3-1-9(15)2-4-10/h1-4,8H,5-7,15H2/t8-/m0/s1. The first-order chi connectivity index (χ1) is 7.47. The molecule has 0 bridgehead atoms. The molecule has 1 saturated heterocycles. The number of rotatable bonds is 1. The van der Waals surface area contributed by atoms with E-state index in [1.54, 1.807) is 29.2 Å². The fourth-order valence-electron chi connectivity index (χ4n) is 1.95. The summed E-state index contributed by atoms with van der Waals surface area (Å²) in [5, 5.41) is 0. The average molecular weight is 230 g/mol. The second-order valence-electron chi connectivity index (χ2n) is 4.06. The van der Waals surface area contributed by atoms with E-state index in [1.165, 1.54) is 0 Å². The van der Waals surface area contributed by atoms with Gasteiger partial charge in [-0.1, -0.05) is 0 Å². The summed E-state index contributed by atoms with van der Waals surface area (Å²) in [6.45, 7) is 0.502. The van der Waals surface area contributed by atoms with E-state index in [0.29, 0.717) is 12.2 Å². The minimum Gasteiger partial charge on any atom is -0.399 e. The lowest BCUT2D eigenvalue weighted by atomic mass is 10.1. The van der Waals surface area contributed by atoms with E-state index in [2.05, 4.69) is 0 Å². The summed E-state index contributed by atoms with van der Waals surface area (Å²) >= 11 is 0. The zero-order chi connectivity index (χ0) is 11.8. The quantitative estimate of drug-likeness (QED) is 0.751. The molecule has 0 radical (unpaired) electrons. The Morgan fingerprint density at radius 3 is 2.31 bits per heavy atom. The maximum absolute atomic E-state index is 12.5. The zero-order valence-electron chi connectivity index (χ0n) is 8.67. The second-order valence-corrected chi connectivity index (χ2v) is 4.06. The van der Waals surface area contributed by atoms with Crippen molar-refractivity contribution in [3.8, 4) is 0 Å². The Labute approximate surface area is 91.8 Å². The number of hydrogen-bond acceptors (Lipinski definition) is 2. The Bertz CT molecular complexity index is 358. The van der Waals surface area contributed by atoms with Crippen molar-refractivity contribution in [2.24, 2.45) is 5.92 Å². The van der Waals surface area contributed by atoms with E-state index in [0.717, 1.165) is 5.69 Å². The van der Waals surface area contributed by atoms with Gasteiger partial charge in [0.15, 0.2) is 0 Å². The second kappa shape index (κ2) is 3.88. The smallest absolute Gasteiger partial charge is 0.393 e. The van der Waals surface area contributed by atoms with Crippen molar-refractivity contribution in [1.29, 1.82) is 0 Å². The van der Waals surface area contributed by atoms with E-state index >= 15 is 0 Å². The van der Waals surface area contributed by atoms with Gasteiger partial charge < -0.3 is 10.6 Å². The van der Waals surface area contributed by atoms with Gasteiger partial charge in [0, 0.05) is 24.5 Å². The molecule has 1 atom stereocenters. The summed E-state index contributed by atoms with van der Waals surface area (Å²) in [5.74, 6) is -1.20. The van der Waals surface area contributed by atoms with Gasteiger partial charge in [-0.3, -0.25) is 0 Å². The molecule has 0 saturated carbocycles. The van der Waals surface area contributed by atoms with Crippen LogP contribution in [0.1, 0.15) is 6.42 Å². The molecule has 0 aliphatic carbocycles. The van der Waals surface area contributed by atoms with Gasteiger partial charge in [0.05, 0.1) is 5.92 Å². The first-order valence-corrected chi connectivity index (χ1v) is 5.14. The van der Waals surface area contributed by atoms with E-state index in [9.17, 15) is 13.2 Å². The Morgan fingerprint density at radius 2 is 1.81 bits per heavy atom. The minimum atomic E-state index is -4.08. The van der Waals surface area contributed by atoms with E-state index in [4.69, 9.17) is 5.73 Å². The normalized spacial score (nSPS) is 21.4. The van der Waals surface area contributed by atoms with Crippen LogP contribution >= 0.6 is 0 Å². The van der Waals surface area contributed by atoms with Crippen molar-refractivity contribution < 1.29 is 13.2 Å². The van der Waals surface area contributed by atoms with Crippen LogP contribution in [0.2, 0.25) is 0 Å². The van der Waals surface area contributed by atoms with Crippen molar-refractivity contribution in [1.82, 2.24) is 0 Å². The van der Waals surface area contributed by atoms with Crippen molar-refractivity contribution >= 4 is 11.4 Å². The number of hydrogen-bond donors (Lipinski definition) is 1. The topological polar surface area (TPSA) is 29.3 Å². The molecule has 1 heterocycles. The number of nitrogen functional groups attached to an aromatic ring is 1. The van der Waals surface area contributed by atoms with Crippen LogP contribution in [0.3, 0.4) is 0 Å². The Hall–Kier alpha value is -1.39. The molecule has 2 rings (SSSR count). The van der Waals surface area contributed by atoms with Gasteiger partial charge in [-0.05, 0) is 30.7 Å². The average Bonchev–Trinajstić information content (AvgIpc) is 2.67. The van der Waals surface area contributed by atoms with Crippen LogP contribution in [-0.2, 0) is 0 Å². The fourth-order valence-corrected chi connectivity index (χ4v) is 1.95. The summed E-state index contributed by atoms with van der Waals surface area (Å²) in [7, 11) is 0. The zero-order valence-corrected chi connectivity index (χ0v) is 8.67. The van der Waals surface area contributed by atoms with Gasteiger partial charge in [-0.25, -0.2) is 0 Å². The number of benzene rings is 1. The fraction of sp³-hybridized carbons (Fsp3) is 0.455. The highest BCUT2D eigenvalue weighted by Gasteiger charge is 2.43. The van der Waals surface area contributed by atoms with Crippen molar-refractivity contribution in [2.45, 2.75) is 12.6 Å². The predicted molar refractivity (Wildman–Crippen MR) is 57.2 cm³/mol. The summed E-state index contributed by atoms with van der Waals surface area (Å²) in [6, 6.07) is 6.93. The number of nitrogens with zero attached hydrogens (tertiary/aromatic N) is 1. The van der Waals surface area contributed by atoms with Crippen LogP contribution in [0.25, 0.3) is 0 Å². The lowest BCUT2D eigenvalue weighted by Gasteiger charge is -2.19. The Balaban J connectivity index is 2.06. The molecule has 88 valence electrons. The summed E-state index contributed by atoms with van der Waals surface area (Å²) < 4.78 is 37.4. The van der Waals surface area contributed by atoms with Crippen molar-refractivity contribution in [2.75, 3.05) is 23.7 Å². The number of anilines is 2. The molecular formula is C11H13F3N2. The summed E-state index contributed by atoms with van der Waals surface area (Å²) in [6.07, 6.45) is -3.91. The molecule has 1 fully saturated rings. The largest absolute Gasteiger partial charge is 0.399 e. The molecule has 16 heavy (non-hydrogen) atoms. The first-order valence-electron chi connectivity index (χ1n) is 5.14. The first kappa shape index (κ1) is 11.1. The van der Waals surface area contributed by atoms with Gasteiger partial charge in [0.2, 0.25) is 0 Å².